The number of carbonyl (C=O) groups excluding carboxylic acids is 2. The summed E-state index contributed by atoms with van der Waals surface area (Å²) in [6.07, 6.45) is 4.24. The third-order valence-corrected chi connectivity index (χ3v) is 5.56. The molecule has 1 aliphatic carbocycles. The average molecular weight is 360 g/mol. The van der Waals surface area contributed by atoms with Gasteiger partial charge in [0.25, 0.3) is 5.91 Å². The quantitative estimate of drug-likeness (QED) is 0.708. The zero-order valence-corrected chi connectivity index (χ0v) is 15.8. The first-order valence-electron chi connectivity index (χ1n) is 9.58. The molecule has 0 unspecified atom stereocenters. The summed E-state index contributed by atoms with van der Waals surface area (Å²) in [6, 6.07) is 15.4. The molecule has 0 atom stereocenters. The second-order valence-corrected chi connectivity index (χ2v) is 7.49. The lowest BCUT2D eigenvalue weighted by molar-refractivity contribution is -0.119. The van der Waals surface area contributed by atoms with E-state index in [-0.39, 0.29) is 17.7 Å². The lowest BCUT2D eigenvalue weighted by atomic mass is 10.1. The van der Waals surface area contributed by atoms with Crippen LogP contribution in [-0.4, -0.2) is 16.4 Å². The summed E-state index contributed by atoms with van der Waals surface area (Å²) in [4.78, 5) is 25.5. The number of fused-ring (bicyclic) bond motifs is 1. The Morgan fingerprint density at radius 1 is 1.00 bits per heavy atom. The standard InChI is InChI=1S/C23H24N2O2/c1-15-7-3-6-10-20(15)23(27)25-16(2)13-18-14-19(11-12-21(18)25)24-22(26)17-8-4-5-9-17/h3,6-7,10-14,17H,4-5,8-9H2,1-2H3,(H,24,26). The highest BCUT2D eigenvalue weighted by molar-refractivity contribution is 6.04. The van der Waals surface area contributed by atoms with E-state index < -0.39 is 0 Å². The number of benzene rings is 2. The molecule has 138 valence electrons. The number of amides is 1. The van der Waals surface area contributed by atoms with Crippen molar-refractivity contribution in [2.45, 2.75) is 39.5 Å². The molecule has 0 aliphatic heterocycles. The van der Waals surface area contributed by atoms with Gasteiger partial charge >= 0.3 is 0 Å². The molecule has 1 aromatic heterocycles. The first-order chi connectivity index (χ1) is 13.0. The number of nitrogens with zero attached hydrogens (tertiary/aromatic N) is 1. The highest BCUT2D eigenvalue weighted by Gasteiger charge is 2.23. The van der Waals surface area contributed by atoms with E-state index in [0.29, 0.717) is 5.56 Å². The maximum Gasteiger partial charge on any atom is 0.262 e. The van der Waals surface area contributed by atoms with Crippen molar-refractivity contribution in [2.24, 2.45) is 5.92 Å². The van der Waals surface area contributed by atoms with E-state index >= 15 is 0 Å². The molecule has 1 aliphatic rings. The molecule has 4 rings (SSSR count). The Morgan fingerprint density at radius 3 is 2.48 bits per heavy atom. The number of hydrogen-bond acceptors (Lipinski definition) is 2. The van der Waals surface area contributed by atoms with E-state index in [1.54, 1.807) is 4.57 Å². The second kappa shape index (κ2) is 7.03. The van der Waals surface area contributed by atoms with Gasteiger partial charge in [-0.05, 0) is 62.6 Å². The molecule has 27 heavy (non-hydrogen) atoms. The van der Waals surface area contributed by atoms with Crippen molar-refractivity contribution in [2.75, 3.05) is 5.32 Å². The summed E-state index contributed by atoms with van der Waals surface area (Å²) in [5.41, 5.74) is 4.21. The van der Waals surface area contributed by atoms with Crippen LogP contribution in [0, 0.1) is 19.8 Å². The van der Waals surface area contributed by atoms with Crippen LogP contribution < -0.4 is 5.32 Å². The van der Waals surface area contributed by atoms with Gasteiger partial charge in [0.2, 0.25) is 5.91 Å². The number of aryl methyl sites for hydroxylation is 2. The number of anilines is 1. The number of rotatable bonds is 3. The van der Waals surface area contributed by atoms with Crippen molar-refractivity contribution in [1.29, 1.82) is 0 Å². The molecule has 0 spiro atoms. The monoisotopic (exact) mass is 360 g/mol. The minimum atomic E-state index is -0.0247. The number of carbonyl (C=O) groups is 2. The van der Waals surface area contributed by atoms with Crippen LogP contribution in [0.4, 0.5) is 5.69 Å². The predicted octanol–water partition coefficient (Wildman–Crippen LogP) is 5.08. The van der Waals surface area contributed by atoms with Gasteiger partial charge in [0.15, 0.2) is 0 Å². The normalized spacial score (nSPS) is 14.6. The fourth-order valence-electron chi connectivity index (χ4n) is 4.07. The molecule has 4 heteroatoms. The van der Waals surface area contributed by atoms with Gasteiger partial charge in [-0.2, -0.15) is 0 Å². The van der Waals surface area contributed by atoms with E-state index in [1.165, 1.54) is 0 Å². The zero-order chi connectivity index (χ0) is 19.0. The Kier molecular flexibility index (Phi) is 4.56. The molecule has 1 N–H and O–H groups in total. The fraction of sp³-hybridized carbons (Fsp3) is 0.304. The molecule has 0 saturated heterocycles. The van der Waals surface area contributed by atoms with Gasteiger partial charge in [-0.25, -0.2) is 0 Å². The topological polar surface area (TPSA) is 51.1 Å². The first-order valence-corrected chi connectivity index (χ1v) is 9.58. The van der Waals surface area contributed by atoms with Crippen LogP contribution in [-0.2, 0) is 4.79 Å². The molecule has 3 aromatic rings. The molecule has 0 radical (unpaired) electrons. The van der Waals surface area contributed by atoms with Gasteiger partial charge in [-0.3, -0.25) is 14.2 Å². The second-order valence-electron chi connectivity index (χ2n) is 7.49. The fourth-order valence-corrected chi connectivity index (χ4v) is 4.07. The minimum absolute atomic E-state index is 0.0247. The molecule has 0 bridgehead atoms. The van der Waals surface area contributed by atoms with E-state index in [2.05, 4.69) is 5.32 Å². The van der Waals surface area contributed by atoms with E-state index in [4.69, 9.17) is 0 Å². The van der Waals surface area contributed by atoms with Crippen LogP contribution in [0.1, 0.15) is 47.3 Å². The smallest absolute Gasteiger partial charge is 0.262 e. The summed E-state index contributed by atoms with van der Waals surface area (Å²) in [5.74, 6) is 0.219. The van der Waals surface area contributed by atoms with Gasteiger partial charge in [-0.1, -0.05) is 31.0 Å². The van der Waals surface area contributed by atoms with Crippen molar-refractivity contribution < 1.29 is 9.59 Å². The highest BCUT2D eigenvalue weighted by Crippen LogP contribution is 2.28. The van der Waals surface area contributed by atoms with Gasteiger partial charge in [0, 0.05) is 28.2 Å². The highest BCUT2D eigenvalue weighted by atomic mass is 16.2. The number of hydrogen-bond donors (Lipinski definition) is 1. The Labute approximate surface area is 159 Å². The van der Waals surface area contributed by atoms with E-state index in [0.717, 1.165) is 53.5 Å². The molecule has 1 fully saturated rings. The van der Waals surface area contributed by atoms with Crippen molar-refractivity contribution in [1.82, 2.24) is 4.57 Å². The number of nitrogens with one attached hydrogen (secondary N) is 1. The predicted molar refractivity (Wildman–Crippen MR) is 108 cm³/mol. The largest absolute Gasteiger partial charge is 0.326 e. The van der Waals surface area contributed by atoms with Gasteiger partial charge < -0.3 is 5.32 Å². The molecule has 1 heterocycles. The molecule has 1 amide bonds. The van der Waals surface area contributed by atoms with Crippen molar-refractivity contribution >= 4 is 28.4 Å². The van der Waals surface area contributed by atoms with Crippen molar-refractivity contribution in [3.8, 4) is 0 Å². The maximum absolute atomic E-state index is 13.1. The minimum Gasteiger partial charge on any atom is -0.326 e. The molecule has 4 nitrogen and oxygen atoms in total. The zero-order valence-electron chi connectivity index (χ0n) is 15.8. The third-order valence-electron chi connectivity index (χ3n) is 5.56. The van der Waals surface area contributed by atoms with Gasteiger partial charge in [-0.15, -0.1) is 0 Å². The lowest BCUT2D eigenvalue weighted by Crippen LogP contribution is -2.20. The summed E-state index contributed by atoms with van der Waals surface area (Å²) < 4.78 is 1.75. The first kappa shape index (κ1) is 17.5. The molecule has 1 saturated carbocycles. The van der Waals surface area contributed by atoms with E-state index in [9.17, 15) is 9.59 Å². The summed E-state index contributed by atoms with van der Waals surface area (Å²) in [5, 5.41) is 4.00. The van der Waals surface area contributed by atoms with Crippen LogP contribution in [0.5, 0.6) is 0 Å². The molecule has 2 aromatic carbocycles. The van der Waals surface area contributed by atoms with Gasteiger partial charge in [0.1, 0.15) is 0 Å². The summed E-state index contributed by atoms with van der Waals surface area (Å²) in [7, 11) is 0. The van der Waals surface area contributed by atoms with Crippen molar-refractivity contribution in [3.63, 3.8) is 0 Å². The SMILES string of the molecule is Cc1ccccc1C(=O)n1c(C)cc2cc(NC(=O)C3CCCC3)ccc21. The molecular formula is C23H24N2O2. The Morgan fingerprint density at radius 2 is 1.74 bits per heavy atom. The lowest BCUT2D eigenvalue weighted by Gasteiger charge is -2.11. The number of aromatic nitrogens is 1. The van der Waals surface area contributed by atoms with E-state index in [1.807, 2.05) is 62.4 Å². The van der Waals surface area contributed by atoms with Gasteiger partial charge in [0.05, 0.1) is 5.52 Å². The molecular weight excluding hydrogens is 336 g/mol. The summed E-state index contributed by atoms with van der Waals surface area (Å²) >= 11 is 0. The summed E-state index contributed by atoms with van der Waals surface area (Å²) in [6.45, 7) is 3.89. The van der Waals surface area contributed by atoms with Crippen LogP contribution in [0.2, 0.25) is 0 Å². The van der Waals surface area contributed by atoms with Crippen LogP contribution >= 0.6 is 0 Å². The van der Waals surface area contributed by atoms with Crippen LogP contribution in [0.15, 0.2) is 48.5 Å². The van der Waals surface area contributed by atoms with Crippen LogP contribution in [0.25, 0.3) is 10.9 Å². The Bertz CT molecular complexity index is 1030. The Balaban J connectivity index is 1.66. The van der Waals surface area contributed by atoms with Crippen LogP contribution in [0.3, 0.4) is 0 Å². The maximum atomic E-state index is 13.1. The van der Waals surface area contributed by atoms with Crippen molar-refractivity contribution in [3.05, 3.63) is 65.4 Å². The average Bonchev–Trinajstić information content (AvgIpc) is 3.28. The third kappa shape index (κ3) is 3.27. The Hall–Kier alpha value is -2.88.